The van der Waals surface area contributed by atoms with Crippen LogP contribution in [-0.4, -0.2) is 33.4 Å². The number of methoxy groups -OCH3 is 1. The molecule has 5 heteroatoms. The average Bonchev–Trinajstić information content (AvgIpc) is 2.87. The average molecular weight is 283 g/mol. The first-order valence-corrected chi connectivity index (χ1v) is 8.32. The number of ether oxygens (including phenoxy) is 1. The molecule has 1 aromatic carbocycles. The molecule has 1 aliphatic carbocycles. The third kappa shape index (κ3) is 3.48. The van der Waals surface area contributed by atoms with Crippen LogP contribution in [0.3, 0.4) is 0 Å². The van der Waals surface area contributed by atoms with E-state index in [4.69, 9.17) is 4.74 Å². The van der Waals surface area contributed by atoms with E-state index in [0.29, 0.717) is 17.0 Å². The lowest BCUT2D eigenvalue weighted by molar-refractivity contribution is 0.108. The molecular weight excluding hydrogens is 262 g/mol. The van der Waals surface area contributed by atoms with Gasteiger partial charge in [-0.15, -0.1) is 0 Å². The Kier molecular flexibility index (Phi) is 4.47. The normalized spacial score (nSPS) is 23.5. The molecule has 0 radical (unpaired) electrons. The topological polar surface area (TPSA) is 55.4 Å². The van der Waals surface area contributed by atoms with Gasteiger partial charge in [-0.25, -0.2) is 8.42 Å². The van der Waals surface area contributed by atoms with Crippen LogP contribution in [-0.2, 0) is 14.6 Å². The molecule has 0 bridgehead atoms. The number of hydrogen-bond donors (Lipinski definition) is 1. The smallest absolute Gasteiger partial charge is 0.178 e. The maximum absolute atomic E-state index is 11.7. The highest BCUT2D eigenvalue weighted by Gasteiger charge is 2.24. The second-order valence-corrected chi connectivity index (χ2v) is 7.22. The van der Waals surface area contributed by atoms with Gasteiger partial charge in [-0.2, -0.15) is 0 Å². The van der Waals surface area contributed by atoms with E-state index in [-0.39, 0.29) is 5.75 Å². The van der Waals surface area contributed by atoms with Crippen molar-refractivity contribution in [2.45, 2.75) is 43.2 Å². The molecule has 1 aromatic rings. The zero-order valence-electron chi connectivity index (χ0n) is 11.4. The van der Waals surface area contributed by atoms with Gasteiger partial charge in [-0.3, -0.25) is 0 Å². The van der Waals surface area contributed by atoms with Crippen LogP contribution < -0.4 is 5.32 Å². The zero-order chi connectivity index (χ0) is 13.9. The van der Waals surface area contributed by atoms with Crippen LogP contribution in [0.5, 0.6) is 0 Å². The van der Waals surface area contributed by atoms with Crippen LogP contribution in [0.4, 0.5) is 5.69 Å². The number of anilines is 1. The predicted molar refractivity (Wildman–Crippen MR) is 76.2 cm³/mol. The SMILES string of the molecule is CCS(=O)(=O)c1ccc(NC2CCC(OC)C2)cc1. The van der Waals surface area contributed by atoms with Crippen molar-refractivity contribution in [2.75, 3.05) is 18.2 Å². The summed E-state index contributed by atoms with van der Waals surface area (Å²) in [5.41, 5.74) is 0.969. The maximum Gasteiger partial charge on any atom is 0.178 e. The minimum absolute atomic E-state index is 0.137. The van der Waals surface area contributed by atoms with Crippen molar-refractivity contribution in [3.8, 4) is 0 Å². The summed E-state index contributed by atoms with van der Waals surface area (Å²) in [6, 6.07) is 7.43. The van der Waals surface area contributed by atoms with E-state index in [9.17, 15) is 8.42 Å². The quantitative estimate of drug-likeness (QED) is 0.902. The van der Waals surface area contributed by atoms with Gasteiger partial charge in [0.15, 0.2) is 9.84 Å². The van der Waals surface area contributed by atoms with Gasteiger partial charge in [-0.05, 0) is 43.5 Å². The zero-order valence-corrected chi connectivity index (χ0v) is 12.2. The van der Waals surface area contributed by atoms with E-state index >= 15 is 0 Å². The molecule has 0 amide bonds. The summed E-state index contributed by atoms with van der Waals surface area (Å²) in [5.74, 6) is 0.137. The van der Waals surface area contributed by atoms with Gasteiger partial charge < -0.3 is 10.1 Å². The molecule has 0 aliphatic heterocycles. The Bertz CT molecular complexity index is 510. The highest BCUT2D eigenvalue weighted by molar-refractivity contribution is 7.91. The number of nitrogens with one attached hydrogen (secondary N) is 1. The molecule has 0 saturated heterocycles. The number of hydrogen-bond acceptors (Lipinski definition) is 4. The molecule has 2 unspecified atom stereocenters. The molecule has 19 heavy (non-hydrogen) atoms. The minimum atomic E-state index is -3.10. The molecule has 2 rings (SSSR count). The summed E-state index contributed by atoms with van der Waals surface area (Å²) in [4.78, 5) is 0.390. The fourth-order valence-electron chi connectivity index (χ4n) is 2.45. The Morgan fingerprint density at radius 1 is 1.26 bits per heavy atom. The Balaban J connectivity index is 2.00. The Morgan fingerprint density at radius 3 is 2.47 bits per heavy atom. The number of sulfone groups is 1. The molecule has 4 nitrogen and oxygen atoms in total. The Labute approximate surface area is 115 Å². The Morgan fingerprint density at radius 2 is 1.95 bits per heavy atom. The third-order valence-electron chi connectivity index (χ3n) is 3.68. The lowest BCUT2D eigenvalue weighted by Gasteiger charge is -2.14. The molecule has 2 atom stereocenters. The van der Waals surface area contributed by atoms with E-state index in [1.54, 1.807) is 26.2 Å². The van der Waals surface area contributed by atoms with Gasteiger partial charge in [0, 0.05) is 18.8 Å². The maximum atomic E-state index is 11.7. The monoisotopic (exact) mass is 283 g/mol. The second kappa shape index (κ2) is 5.92. The van der Waals surface area contributed by atoms with Crippen molar-refractivity contribution >= 4 is 15.5 Å². The molecule has 1 N–H and O–H groups in total. The van der Waals surface area contributed by atoms with Gasteiger partial charge in [0.2, 0.25) is 0 Å². The summed E-state index contributed by atoms with van der Waals surface area (Å²) < 4.78 is 28.7. The van der Waals surface area contributed by atoms with Crippen LogP contribution >= 0.6 is 0 Å². The van der Waals surface area contributed by atoms with E-state index in [0.717, 1.165) is 24.9 Å². The van der Waals surface area contributed by atoms with Gasteiger partial charge in [0.05, 0.1) is 16.8 Å². The largest absolute Gasteiger partial charge is 0.382 e. The first-order chi connectivity index (χ1) is 9.05. The molecule has 1 saturated carbocycles. The summed E-state index contributed by atoms with van der Waals surface area (Å²) in [6.45, 7) is 1.66. The van der Waals surface area contributed by atoms with Crippen LogP contribution in [0.2, 0.25) is 0 Å². The summed E-state index contributed by atoms with van der Waals surface area (Å²) in [6.07, 6.45) is 3.52. The van der Waals surface area contributed by atoms with E-state index < -0.39 is 9.84 Å². The van der Waals surface area contributed by atoms with E-state index in [1.165, 1.54) is 0 Å². The summed E-state index contributed by atoms with van der Waals surface area (Å²) in [7, 11) is -1.36. The minimum Gasteiger partial charge on any atom is -0.382 e. The van der Waals surface area contributed by atoms with Crippen LogP contribution in [0.1, 0.15) is 26.2 Å². The van der Waals surface area contributed by atoms with Gasteiger partial charge in [0.25, 0.3) is 0 Å². The van der Waals surface area contributed by atoms with E-state index in [2.05, 4.69) is 5.32 Å². The Hall–Kier alpha value is -1.07. The van der Waals surface area contributed by atoms with Crippen molar-refractivity contribution in [1.29, 1.82) is 0 Å². The van der Waals surface area contributed by atoms with Crippen molar-refractivity contribution in [1.82, 2.24) is 0 Å². The highest BCUT2D eigenvalue weighted by Crippen LogP contribution is 2.25. The standard InChI is InChI=1S/C14H21NO3S/c1-3-19(16,17)14-8-5-11(6-9-14)15-12-4-7-13(10-12)18-2/h5-6,8-9,12-13,15H,3-4,7,10H2,1-2H3. The molecule has 0 aromatic heterocycles. The molecule has 1 fully saturated rings. The van der Waals surface area contributed by atoms with E-state index in [1.807, 2.05) is 12.1 Å². The van der Waals surface area contributed by atoms with Gasteiger partial charge in [-0.1, -0.05) is 6.92 Å². The predicted octanol–water partition coefficient (Wildman–Crippen LogP) is 2.46. The lowest BCUT2D eigenvalue weighted by atomic mass is 10.2. The fraction of sp³-hybridized carbons (Fsp3) is 0.571. The van der Waals surface area contributed by atoms with Crippen molar-refractivity contribution < 1.29 is 13.2 Å². The van der Waals surface area contributed by atoms with Crippen molar-refractivity contribution in [2.24, 2.45) is 0 Å². The van der Waals surface area contributed by atoms with Crippen LogP contribution in [0.15, 0.2) is 29.2 Å². The molecule has 0 spiro atoms. The highest BCUT2D eigenvalue weighted by atomic mass is 32.2. The third-order valence-corrected chi connectivity index (χ3v) is 5.43. The molecule has 106 valence electrons. The number of benzene rings is 1. The molecule has 1 aliphatic rings. The number of rotatable bonds is 5. The second-order valence-electron chi connectivity index (χ2n) is 4.94. The van der Waals surface area contributed by atoms with Gasteiger partial charge >= 0.3 is 0 Å². The van der Waals surface area contributed by atoms with Crippen LogP contribution in [0.25, 0.3) is 0 Å². The first-order valence-electron chi connectivity index (χ1n) is 6.67. The fourth-order valence-corrected chi connectivity index (χ4v) is 3.33. The lowest BCUT2D eigenvalue weighted by Crippen LogP contribution is -2.17. The first kappa shape index (κ1) is 14.3. The van der Waals surface area contributed by atoms with Crippen molar-refractivity contribution in [3.05, 3.63) is 24.3 Å². The molecular formula is C14H21NO3S. The summed E-state index contributed by atoms with van der Waals surface area (Å²) in [5, 5.41) is 3.43. The van der Waals surface area contributed by atoms with Gasteiger partial charge in [0.1, 0.15) is 0 Å². The van der Waals surface area contributed by atoms with Crippen LogP contribution in [0, 0.1) is 0 Å². The molecule has 0 heterocycles. The van der Waals surface area contributed by atoms with Crippen molar-refractivity contribution in [3.63, 3.8) is 0 Å². The summed E-state index contributed by atoms with van der Waals surface area (Å²) >= 11 is 0.